The molecule has 2 aromatic rings. The van der Waals surface area contributed by atoms with Gasteiger partial charge in [0.15, 0.2) is 0 Å². The van der Waals surface area contributed by atoms with Gasteiger partial charge in [0.1, 0.15) is 10.6 Å². The van der Waals surface area contributed by atoms with E-state index in [1.54, 1.807) is 11.3 Å². The van der Waals surface area contributed by atoms with E-state index in [4.69, 9.17) is 5.84 Å². The Morgan fingerprint density at radius 2 is 2.00 bits per heavy atom. The van der Waals surface area contributed by atoms with Crippen molar-refractivity contribution in [2.45, 2.75) is 46.0 Å². The van der Waals surface area contributed by atoms with Gasteiger partial charge in [0.25, 0.3) is 0 Å². The summed E-state index contributed by atoms with van der Waals surface area (Å²) >= 11 is 1.60. The summed E-state index contributed by atoms with van der Waals surface area (Å²) in [5.41, 5.74) is 2.52. The van der Waals surface area contributed by atoms with Gasteiger partial charge in [0, 0.05) is 6.54 Å². The minimum atomic E-state index is 0.462. The highest BCUT2D eigenvalue weighted by Crippen LogP contribution is 2.26. The number of nitrogens with zero attached hydrogens (tertiary/aromatic N) is 2. The van der Waals surface area contributed by atoms with Crippen molar-refractivity contribution in [1.82, 2.24) is 9.97 Å². The second kappa shape index (κ2) is 8.14. The zero-order chi connectivity index (χ0) is 15.1. The molecule has 0 radical (unpaired) electrons. The number of hydrogen-bond acceptors (Lipinski definition) is 6. The number of anilines is 2. The van der Waals surface area contributed by atoms with Gasteiger partial charge in [-0.1, -0.05) is 39.5 Å². The van der Waals surface area contributed by atoms with Gasteiger partial charge in [-0.05, 0) is 23.8 Å². The fraction of sp³-hybridized carbons (Fsp3) is 0.600. The molecule has 2 aromatic heterocycles. The summed E-state index contributed by atoms with van der Waals surface area (Å²) in [5, 5.41) is 6.50. The first-order chi connectivity index (χ1) is 10.2. The van der Waals surface area contributed by atoms with Crippen LogP contribution in [-0.2, 0) is 0 Å². The topological polar surface area (TPSA) is 75.9 Å². The van der Waals surface area contributed by atoms with Gasteiger partial charge in [-0.15, -0.1) is 11.3 Å². The summed E-state index contributed by atoms with van der Waals surface area (Å²) in [6.45, 7) is 5.51. The van der Waals surface area contributed by atoms with E-state index in [1.807, 2.05) is 11.4 Å². The first-order valence-corrected chi connectivity index (χ1v) is 8.54. The van der Waals surface area contributed by atoms with Gasteiger partial charge < -0.3 is 5.32 Å². The quantitative estimate of drug-likeness (QED) is 0.371. The first kappa shape index (κ1) is 16.0. The molecule has 4 N–H and O–H groups in total. The molecule has 116 valence electrons. The molecule has 0 aliphatic rings. The summed E-state index contributed by atoms with van der Waals surface area (Å²) in [5.74, 6) is 7.57. The molecular formula is C15H25N5S. The molecule has 0 amide bonds. The predicted molar refractivity (Wildman–Crippen MR) is 91.6 cm³/mol. The van der Waals surface area contributed by atoms with Crippen molar-refractivity contribution in [3.63, 3.8) is 0 Å². The molecule has 2 heterocycles. The predicted octanol–water partition coefficient (Wildman–Crippen LogP) is 4.00. The number of hydrogen-bond donors (Lipinski definition) is 3. The minimum absolute atomic E-state index is 0.462. The third-order valence-corrected chi connectivity index (χ3v) is 4.26. The van der Waals surface area contributed by atoms with Crippen molar-refractivity contribution in [2.24, 2.45) is 11.8 Å². The van der Waals surface area contributed by atoms with Crippen LogP contribution in [0.25, 0.3) is 10.2 Å². The Bertz CT molecular complexity index is 552. The monoisotopic (exact) mass is 307 g/mol. The lowest BCUT2D eigenvalue weighted by molar-refractivity contribution is 0.523. The number of nitrogens with one attached hydrogen (secondary N) is 2. The third kappa shape index (κ3) is 4.82. The lowest BCUT2D eigenvalue weighted by atomic mass is 10.0. The largest absolute Gasteiger partial charge is 0.369 e. The molecule has 6 heteroatoms. The van der Waals surface area contributed by atoms with Crippen LogP contribution in [0, 0.1) is 5.92 Å². The van der Waals surface area contributed by atoms with Gasteiger partial charge in [-0.25, -0.2) is 10.8 Å². The Morgan fingerprint density at radius 1 is 1.19 bits per heavy atom. The van der Waals surface area contributed by atoms with E-state index in [1.165, 1.54) is 32.1 Å². The van der Waals surface area contributed by atoms with Crippen molar-refractivity contribution in [3.8, 4) is 0 Å². The smallest absolute Gasteiger partial charge is 0.240 e. The zero-order valence-electron chi connectivity index (χ0n) is 12.9. The Balaban J connectivity index is 1.79. The number of unbranched alkanes of at least 4 members (excludes halogenated alkanes) is 3. The molecule has 5 nitrogen and oxygen atoms in total. The number of aromatic nitrogens is 2. The third-order valence-electron chi connectivity index (χ3n) is 3.45. The van der Waals surface area contributed by atoms with Gasteiger partial charge in [-0.2, -0.15) is 4.98 Å². The van der Waals surface area contributed by atoms with Crippen LogP contribution < -0.4 is 16.6 Å². The maximum atomic E-state index is 5.41. The molecular weight excluding hydrogens is 282 g/mol. The molecule has 0 spiro atoms. The molecule has 0 fully saturated rings. The zero-order valence-corrected chi connectivity index (χ0v) is 13.7. The van der Waals surface area contributed by atoms with E-state index in [9.17, 15) is 0 Å². The summed E-state index contributed by atoms with van der Waals surface area (Å²) < 4.78 is 0. The fourth-order valence-electron chi connectivity index (χ4n) is 2.29. The van der Waals surface area contributed by atoms with Crippen LogP contribution in [0.1, 0.15) is 46.0 Å². The highest BCUT2D eigenvalue weighted by atomic mass is 32.1. The number of thiophene rings is 1. The van der Waals surface area contributed by atoms with Gasteiger partial charge in [0.2, 0.25) is 5.95 Å². The second-order valence-electron chi connectivity index (χ2n) is 5.70. The van der Waals surface area contributed by atoms with Crippen molar-refractivity contribution in [2.75, 3.05) is 17.3 Å². The standard InChI is InChI=1S/C15H25N5S/c1-11(2)7-5-3-4-6-9-17-13-12-8-10-21-14(12)19-15(18-13)20-16/h8,10-11H,3-7,9,16H2,1-2H3,(H2,17,18,19,20). The summed E-state index contributed by atoms with van der Waals surface area (Å²) in [6, 6.07) is 2.05. The Morgan fingerprint density at radius 3 is 2.76 bits per heavy atom. The average molecular weight is 307 g/mol. The van der Waals surface area contributed by atoms with E-state index in [0.29, 0.717) is 5.95 Å². The van der Waals surface area contributed by atoms with Crippen LogP contribution in [0.2, 0.25) is 0 Å². The Labute approximate surface area is 130 Å². The maximum absolute atomic E-state index is 5.41. The van der Waals surface area contributed by atoms with Crippen molar-refractivity contribution >= 4 is 33.3 Å². The van der Waals surface area contributed by atoms with E-state index < -0.39 is 0 Å². The van der Waals surface area contributed by atoms with Gasteiger partial charge in [0.05, 0.1) is 5.39 Å². The molecule has 0 aliphatic carbocycles. The normalized spacial score (nSPS) is 11.2. The van der Waals surface area contributed by atoms with Crippen molar-refractivity contribution in [3.05, 3.63) is 11.4 Å². The van der Waals surface area contributed by atoms with E-state index >= 15 is 0 Å². The number of rotatable bonds is 9. The van der Waals surface area contributed by atoms with E-state index in [0.717, 1.165) is 28.5 Å². The summed E-state index contributed by atoms with van der Waals surface area (Å²) in [7, 11) is 0. The minimum Gasteiger partial charge on any atom is -0.369 e. The van der Waals surface area contributed by atoms with E-state index in [-0.39, 0.29) is 0 Å². The van der Waals surface area contributed by atoms with Crippen LogP contribution in [0.3, 0.4) is 0 Å². The van der Waals surface area contributed by atoms with Gasteiger partial charge >= 0.3 is 0 Å². The van der Waals surface area contributed by atoms with E-state index in [2.05, 4.69) is 34.6 Å². The van der Waals surface area contributed by atoms with Crippen LogP contribution in [-0.4, -0.2) is 16.5 Å². The molecule has 0 atom stereocenters. The summed E-state index contributed by atoms with van der Waals surface area (Å²) in [4.78, 5) is 9.68. The maximum Gasteiger partial charge on any atom is 0.240 e. The van der Waals surface area contributed by atoms with Gasteiger partial charge in [-0.3, -0.25) is 5.43 Å². The van der Waals surface area contributed by atoms with Crippen LogP contribution in [0.4, 0.5) is 11.8 Å². The van der Waals surface area contributed by atoms with Crippen LogP contribution in [0.5, 0.6) is 0 Å². The first-order valence-electron chi connectivity index (χ1n) is 7.66. The molecule has 0 aliphatic heterocycles. The molecule has 0 aromatic carbocycles. The molecule has 21 heavy (non-hydrogen) atoms. The molecule has 0 saturated heterocycles. The number of nitrogens with two attached hydrogens (primary N) is 1. The summed E-state index contributed by atoms with van der Waals surface area (Å²) in [6.07, 6.45) is 6.41. The van der Waals surface area contributed by atoms with Crippen LogP contribution >= 0.6 is 11.3 Å². The highest BCUT2D eigenvalue weighted by Gasteiger charge is 2.07. The number of nitrogen functional groups attached to an aromatic ring is 1. The molecule has 2 rings (SSSR count). The average Bonchev–Trinajstić information content (AvgIpc) is 2.94. The lowest BCUT2D eigenvalue weighted by Gasteiger charge is -2.09. The fourth-order valence-corrected chi connectivity index (χ4v) is 3.06. The Kier molecular flexibility index (Phi) is 6.20. The lowest BCUT2D eigenvalue weighted by Crippen LogP contribution is -2.12. The second-order valence-corrected chi connectivity index (χ2v) is 6.60. The van der Waals surface area contributed by atoms with Crippen molar-refractivity contribution < 1.29 is 0 Å². The number of hydrazine groups is 1. The Hall–Kier alpha value is -1.40. The number of fused-ring (bicyclic) bond motifs is 1. The van der Waals surface area contributed by atoms with Crippen molar-refractivity contribution in [1.29, 1.82) is 0 Å². The SMILES string of the molecule is CC(C)CCCCCCNc1nc(NN)nc2sccc12. The highest BCUT2D eigenvalue weighted by molar-refractivity contribution is 7.16. The molecule has 0 bridgehead atoms. The van der Waals surface area contributed by atoms with Crippen LogP contribution in [0.15, 0.2) is 11.4 Å². The molecule has 0 saturated carbocycles. The molecule has 0 unspecified atom stereocenters.